The Balaban J connectivity index is 2.15. The molecule has 1 heterocycles. The minimum atomic E-state index is 0.765. The lowest BCUT2D eigenvalue weighted by Crippen LogP contribution is -1.77. The fourth-order valence-electron chi connectivity index (χ4n) is 0.974. The molecule has 1 aromatic carbocycles. The maximum atomic E-state index is 4.25. The van der Waals surface area contributed by atoms with E-state index in [0.717, 1.165) is 15.3 Å². The van der Waals surface area contributed by atoms with Gasteiger partial charge in [0.05, 0.1) is 0 Å². The zero-order chi connectivity index (χ0) is 9.80. The average molecular weight is 267 g/mol. The van der Waals surface area contributed by atoms with Gasteiger partial charge in [0, 0.05) is 11.6 Å². The molecule has 0 N–H and O–H groups in total. The predicted octanol–water partition coefficient (Wildman–Crippen LogP) is 3.66. The van der Waals surface area contributed by atoms with Crippen molar-refractivity contribution >= 4 is 38.6 Å². The van der Waals surface area contributed by atoms with Crippen LogP contribution in [0.5, 0.6) is 0 Å². The van der Waals surface area contributed by atoms with Crippen LogP contribution in [0.4, 0.5) is 5.13 Å². The summed E-state index contributed by atoms with van der Waals surface area (Å²) in [6, 6.07) is 9.97. The largest absolute Gasteiger partial charge is 0.227 e. The molecular weight excluding hydrogens is 260 g/mol. The number of rotatable bonds is 2. The molecule has 2 nitrogen and oxygen atoms in total. The van der Waals surface area contributed by atoms with Gasteiger partial charge in [0.1, 0.15) is 4.60 Å². The molecule has 0 aliphatic rings. The number of hydrogen-bond acceptors (Lipinski definition) is 3. The smallest absolute Gasteiger partial charge is 0.210 e. The van der Waals surface area contributed by atoms with Gasteiger partial charge >= 0.3 is 0 Å². The van der Waals surface area contributed by atoms with E-state index < -0.39 is 0 Å². The monoisotopic (exact) mass is 266 g/mol. The molecule has 1 aromatic heterocycles. The first-order chi connectivity index (χ1) is 6.84. The van der Waals surface area contributed by atoms with Gasteiger partial charge < -0.3 is 0 Å². The van der Waals surface area contributed by atoms with Crippen molar-refractivity contribution in [2.45, 2.75) is 0 Å². The van der Waals surface area contributed by atoms with Crippen molar-refractivity contribution in [1.82, 2.24) is 4.98 Å². The molecule has 0 aliphatic heterocycles. The molecule has 0 aliphatic carbocycles. The summed E-state index contributed by atoms with van der Waals surface area (Å²) in [5, 5.41) is 2.68. The lowest BCUT2D eigenvalue weighted by Gasteiger charge is -1.88. The third kappa shape index (κ3) is 2.49. The van der Waals surface area contributed by atoms with Gasteiger partial charge in [-0.3, -0.25) is 0 Å². The summed E-state index contributed by atoms with van der Waals surface area (Å²) < 4.78 is 0.836. The lowest BCUT2D eigenvalue weighted by atomic mass is 10.2. The van der Waals surface area contributed by atoms with E-state index in [0.29, 0.717) is 0 Å². The van der Waals surface area contributed by atoms with Crippen LogP contribution in [-0.2, 0) is 0 Å². The molecule has 0 fully saturated rings. The molecule has 0 radical (unpaired) electrons. The molecule has 14 heavy (non-hydrogen) atoms. The Morgan fingerprint density at radius 3 is 2.71 bits per heavy atom. The topological polar surface area (TPSA) is 25.2 Å². The first-order valence-electron chi connectivity index (χ1n) is 4.05. The van der Waals surface area contributed by atoms with Crippen molar-refractivity contribution in [2.75, 3.05) is 0 Å². The van der Waals surface area contributed by atoms with Gasteiger partial charge in [0.15, 0.2) is 0 Å². The quantitative estimate of drug-likeness (QED) is 0.762. The van der Waals surface area contributed by atoms with E-state index in [-0.39, 0.29) is 0 Å². The lowest BCUT2D eigenvalue weighted by molar-refractivity contribution is 1.32. The predicted molar refractivity (Wildman–Crippen MR) is 63.5 cm³/mol. The summed E-state index contributed by atoms with van der Waals surface area (Å²) in [7, 11) is 0. The van der Waals surface area contributed by atoms with Gasteiger partial charge in [-0.15, -0.1) is 11.3 Å². The molecule has 0 spiro atoms. The van der Waals surface area contributed by atoms with E-state index in [1.807, 2.05) is 41.9 Å². The summed E-state index contributed by atoms with van der Waals surface area (Å²) in [6.07, 6.45) is 1.81. The van der Waals surface area contributed by atoms with Gasteiger partial charge in [-0.25, -0.2) is 9.98 Å². The van der Waals surface area contributed by atoms with Gasteiger partial charge in [-0.1, -0.05) is 30.3 Å². The van der Waals surface area contributed by atoms with Crippen molar-refractivity contribution in [3.63, 3.8) is 0 Å². The second kappa shape index (κ2) is 4.48. The van der Waals surface area contributed by atoms with Gasteiger partial charge in [0.2, 0.25) is 5.13 Å². The first-order valence-corrected chi connectivity index (χ1v) is 5.72. The minimum absolute atomic E-state index is 0.765. The van der Waals surface area contributed by atoms with Crippen molar-refractivity contribution in [3.8, 4) is 0 Å². The summed E-state index contributed by atoms with van der Waals surface area (Å²) in [6.45, 7) is 0. The van der Waals surface area contributed by atoms with Crippen LogP contribution < -0.4 is 0 Å². The average Bonchev–Trinajstić information content (AvgIpc) is 2.63. The molecule has 4 heteroatoms. The van der Waals surface area contributed by atoms with Crippen LogP contribution in [0, 0.1) is 0 Å². The minimum Gasteiger partial charge on any atom is -0.227 e. The Bertz CT molecular complexity index is 436. The molecule has 0 amide bonds. The molecule has 0 atom stereocenters. The number of hydrogen-bond donors (Lipinski definition) is 0. The Hall–Kier alpha value is -1.00. The van der Waals surface area contributed by atoms with Crippen LogP contribution in [0.15, 0.2) is 45.3 Å². The highest BCUT2D eigenvalue weighted by atomic mass is 79.9. The number of nitrogens with zero attached hydrogens (tertiary/aromatic N) is 2. The summed E-state index contributed by atoms with van der Waals surface area (Å²) in [5.74, 6) is 0. The fourth-order valence-corrected chi connectivity index (χ4v) is 2.06. The van der Waals surface area contributed by atoms with Crippen LogP contribution in [0.25, 0.3) is 0 Å². The third-order valence-electron chi connectivity index (χ3n) is 1.59. The molecule has 2 rings (SSSR count). The number of thiazole rings is 1. The summed E-state index contributed by atoms with van der Waals surface area (Å²) in [4.78, 5) is 8.41. The maximum Gasteiger partial charge on any atom is 0.210 e. The van der Waals surface area contributed by atoms with E-state index in [2.05, 4.69) is 25.9 Å². The van der Waals surface area contributed by atoms with Crippen LogP contribution >= 0.6 is 27.3 Å². The van der Waals surface area contributed by atoms with E-state index >= 15 is 0 Å². The second-order valence-corrected chi connectivity index (χ2v) is 4.27. The molecule has 0 bridgehead atoms. The number of aliphatic imine (C=N–C) groups is 1. The number of benzene rings is 1. The Morgan fingerprint density at radius 1 is 1.29 bits per heavy atom. The first kappa shape index (κ1) is 9.55. The van der Waals surface area contributed by atoms with Crippen LogP contribution in [0.2, 0.25) is 0 Å². The van der Waals surface area contributed by atoms with E-state index in [4.69, 9.17) is 0 Å². The Morgan fingerprint density at radius 2 is 2.07 bits per heavy atom. The highest BCUT2D eigenvalue weighted by molar-refractivity contribution is 9.10. The van der Waals surface area contributed by atoms with E-state index in [9.17, 15) is 0 Å². The van der Waals surface area contributed by atoms with Gasteiger partial charge in [-0.2, -0.15) is 0 Å². The van der Waals surface area contributed by atoms with E-state index in [1.165, 1.54) is 11.3 Å². The Labute approximate surface area is 94.5 Å². The fraction of sp³-hybridized carbons (Fsp3) is 0. The summed E-state index contributed by atoms with van der Waals surface area (Å²) >= 11 is 4.80. The Kier molecular flexibility index (Phi) is 3.06. The normalized spacial score (nSPS) is 10.9. The number of halogens is 1. The van der Waals surface area contributed by atoms with Crippen molar-refractivity contribution in [3.05, 3.63) is 45.9 Å². The van der Waals surface area contributed by atoms with Gasteiger partial charge in [0.25, 0.3) is 0 Å². The SMILES string of the molecule is Brc1csc(/N=C/c2ccccc2)n1. The van der Waals surface area contributed by atoms with Crippen LogP contribution in [0.3, 0.4) is 0 Å². The molecule has 0 saturated heterocycles. The molecule has 0 saturated carbocycles. The molecule has 0 unspecified atom stereocenters. The molecule has 2 aromatic rings. The second-order valence-electron chi connectivity index (χ2n) is 2.62. The van der Waals surface area contributed by atoms with Crippen LogP contribution in [0.1, 0.15) is 5.56 Å². The summed E-state index contributed by atoms with van der Waals surface area (Å²) in [5.41, 5.74) is 1.08. The number of aromatic nitrogens is 1. The highest BCUT2D eigenvalue weighted by Crippen LogP contribution is 2.21. The van der Waals surface area contributed by atoms with Crippen molar-refractivity contribution in [2.24, 2.45) is 4.99 Å². The molecule has 70 valence electrons. The van der Waals surface area contributed by atoms with Crippen molar-refractivity contribution < 1.29 is 0 Å². The zero-order valence-electron chi connectivity index (χ0n) is 7.22. The highest BCUT2D eigenvalue weighted by Gasteiger charge is 1.94. The maximum absolute atomic E-state index is 4.25. The standard InChI is InChI=1S/C10H7BrN2S/c11-9-7-14-10(13-9)12-6-8-4-2-1-3-5-8/h1-7H/b12-6+. The zero-order valence-corrected chi connectivity index (χ0v) is 9.62. The van der Waals surface area contributed by atoms with Gasteiger partial charge in [-0.05, 0) is 21.5 Å². The van der Waals surface area contributed by atoms with Crippen molar-refractivity contribution in [1.29, 1.82) is 0 Å². The molecular formula is C10H7BrN2S. The third-order valence-corrected chi connectivity index (χ3v) is 3.05. The van der Waals surface area contributed by atoms with Crippen LogP contribution in [-0.4, -0.2) is 11.2 Å². The van der Waals surface area contributed by atoms with E-state index in [1.54, 1.807) is 0 Å².